The molecule has 0 amide bonds. The van der Waals surface area contributed by atoms with Crippen LogP contribution in [-0.4, -0.2) is 82.3 Å². The Morgan fingerprint density at radius 2 is 0.535 bits per heavy atom. The van der Waals surface area contributed by atoms with Gasteiger partial charge in [0.25, 0.3) is 0 Å². The Kier molecular flexibility index (Phi) is 73.0. The summed E-state index contributed by atoms with van der Waals surface area (Å²) in [6, 6.07) is 0. The van der Waals surface area contributed by atoms with Crippen molar-refractivity contribution in [2.24, 2.45) is 0 Å². The van der Waals surface area contributed by atoms with Gasteiger partial charge in [0.2, 0.25) is 0 Å². The lowest BCUT2D eigenvalue weighted by Crippen LogP contribution is -2.44. The Balaban J connectivity index is 4.27. The van der Waals surface area contributed by atoms with Crippen LogP contribution in [0.3, 0.4) is 0 Å². The van der Waals surface area contributed by atoms with Gasteiger partial charge in [0, 0.05) is 12.8 Å². The zero-order chi connectivity index (χ0) is 73.2. The zero-order valence-electron chi connectivity index (χ0n) is 63.9. The number of hydrogen-bond acceptors (Lipinski definition) is 8. The lowest BCUT2D eigenvalue weighted by Gasteiger charge is -2.26. The van der Waals surface area contributed by atoms with E-state index < -0.39 is 24.3 Å². The first-order valence-electron chi connectivity index (χ1n) is 38.8. The first-order chi connectivity index (χ1) is 49.6. The average molecular weight is 1390 g/mol. The predicted molar refractivity (Wildman–Crippen MR) is 434 cm³/mol. The normalized spacial score (nSPS) is 14.1. The highest BCUT2D eigenvalue weighted by molar-refractivity contribution is 5.70. The molecule has 0 aromatic heterocycles. The number of carboxylic acid groups (broad SMARTS) is 1. The molecule has 0 saturated heterocycles. The summed E-state index contributed by atoms with van der Waals surface area (Å²) in [6.45, 7) is 4.43. The third kappa shape index (κ3) is 80.0. The lowest BCUT2D eigenvalue weighted by molar-refractivity contribution is -0.870. The van der Waals surface area contributed by atoms with Crippen molar-refractivity contribution in [3.8, 4) is 0 Å². The van der Waals surface area contributed by atoms with E-state index >= 15 is 0 Å². The van der Waals surface area contributed by atoms with Crippen LogP contribution in [-0.2, 0) is 33.3 Å². The van der Waals surface area contributed by atoms with Gasteiger partial charge >= 0.3 is 11.9 Å². The van der Waals surface area contributed by atoms with Gasteiger partial charge < -0.3 is 33.3 Å². The summed E-state index contributed by atoms with van der Waals surface area (Å²) in [7, 11) is 5.90. The number of allylic oxidation sites excluding steroid dienone is 42. The van der Waals surface area contributed by atoms with E-state index in [0.717, 1.165) is 180 Å². The Morgan fingerprint density at radius 3 is 0.802 bits per heavy atom. The van der Waals surface area contributed by atoms with Gasteiger partial charge in [0.1, 0.15) is 13.2 Å². The molecule has 2 unspecified atom stereocenters. The molecule has 0 heterocycles. The number of aliphatic carboxylic acids is 1. The molecule has 0 rings (SSSR count). The van der Waals surface area contributed by atoms with Gasteiger partial charge in [-0.2, -0.15) is 0 Å². The minimum absolute atomic E-state index is 0.125. The summed E-state index contributed by atoms with van der Waals surface area (Å²) >= 11 is 0. The molecule has 0 radical (unpaired) electrons. The van der Waals surface area contributed by atoms with Gasteiger partial charge in [-0.25, -0.2) is 0 Å². The second kappa shape index (κ2) is 78.5. The Morgan fingerprint density at radius 1 is 0.297 bits per heavy atom. The first kappa shape index (κ1) is 93.8. The molecule has 0 aliphatic heterocycles. The van der Waals surface area contributed by atoms with Crippen molar-refractivity contribution in [1.29, 1.82) is 0 Å². The number of hydrogen-bond donors (Lipinski definition) is 0. The van der Waals surface area contributed by atoms with Crippen molar-refractivity contribution in [2.75, 3.05) is 47.5 Å². The van der Waals surface area contributed by atoms with Gasteiger partial charge in [-0.15, -0.1) is 0 Å². The number of nitrogens with zero attached hydrogens (tertiary/aromatic N) is 1. The van der Waals surface area contributed by atoms with Gasteiger partial charge in [-0.05, 0) is 173 Å². The van der Waals surface area contributed by atoms with Crippen molar-refractivity contribution in [3.05, 3.63) is 255 Å². The fourth-order valence-corrected chi connectivity index (χ4v) is 9.45. The molecule has 0 N–H and O–H groups in total. The third-order valence-corrected chi connectivity index (χ3v) is 15.3. The predicted octanol–water partition coefficient (Wildman–Crippen LogP) is 24.0. The van der Waals surface area contributed by atoms with E-state index in [1.807, 2.05) is 21.1 Å². The smallest absolute Gasteiger partial charge is 0.306 e. The second-order valence-corrected chi connectivity index (χ2v) is 25.8. The molecular weight excluding hydrogens is 1250 g/mol. The van der Waals surface area contributed by atoms with Crippen molar-refractivity contribution < 1.29 is 42.9 Å². The molecule has 9 nitrogen and oxygen atoms in total. The van der Waals surface area contributed by atoms with E-state index in [9.17, 15) is 19.5 Å². The topological polar surface area (TPSA) is 111 Å². The summed E-state index contributed by atoms with van der Waals surface area (Å²) in [5.74, 6) is -2.37. The SMILES string of the molecule is CC/C=C\C/C=C\C/C=C\C/C=C\C/C=C\C/C=C\C/C=C\C/C=C\C/C=C\C/C=C\C/C=C\CCCCCC(=O)OC(COC(=O)CCCCCCCCCC/C=C\C/C=C\C/C=C\C/C=C\C/C=C\C/C=C\C/C=C\C/C=C\C/C=C\C/C=C\CC)COC(OCC[N+](C)(C)C)C(=O)[O-]. The van der Waals surface area contributed by atoms with Crippen LogP contribution < -0.4 is 5.11 Å². The van der Waals surface area contributed by atoms with Crippen molar-refractivity contribution >= 4 is 17.9 Å². The van der Waals surface area contributed by atoms with Crippen molar-refractivity contribution in [2.45, 2.75) is 257 Å². The van der Waals surface area contributed by atoms with Crippen LogP contribution in [0.4, 0.5) is 0 Å². The van der Waals surface area contributed by atoms with Gasteiger partial charge in [0.15, 0.2) is 12.4 Å². The number of quaternary nitrogens is 1. The number of ether oxygens (including phenoxy) is 4. The van der Waals surface area contributed by atoms with E-state index in [4.69, 9.17) is 18.9 Å². The first-order valence-corrected chi connectivity index (χ1v) is 38.8. The molecule has 0 aliphatic rings. The molecule has 2 atom stereocenters. The Hall–Kier alpha value is -7.17. The fourth-order valence-electron chi connectivity index (χ4n) is 9.45. The van der Waals surface area contributed by atoms with Crippen molar-refractivity contribution in [3.63, 3.8) is 0 Å². The summed E-state index contributed by atoms with van der Waals surface area (Å²) in [5, 5.41) is 11.9. The highest BCUT2D eigenvalue weighted by atomic mass is 16.7. The molecule has 0 bridgehead atoms. The number of esters is 2. The van der Waals surface area contributed by atoms with Crippen LogP contribution >= 0.6 is 0 Å². The molecule has 0 saturated carbocycles. The van der Waals surface area contributed by atoms with Gasteiger partial charge in [-0.1, -0.05) is 314 Å². The molecule has 0 spiro atoms. The van der Waals surface area contributed by atoms with E-state index in [-0.39, 0.29) is 38.6 Å². The largest absolute Gasteiger partial charge is 0.545 e. The molecule has 101 heavy (non-hydrogen) atoms. The molecule has 0 fully saturated rings. The average Bonchev–Trinajstić information content (AvgIpc) is 1.25. The molecule has 0 aromatic carbocycles. The maximum absolute atomic E-state index is 13.0. The van der Waals surface area contributed by atoms with Gasteiger partial charge in [-0.3, -0.25) is 9.59 Å². The minimum Gasteiger partial charge on any atom is -0.545 e. The van der Waals surface area contributed by atoms with E-state index in [1.54, 1.807) is 0 Å². The van der Waals surface area contributed by atoms with Crippen molar-refractivity contribution in [1.82, 2.24) is 0 Å². The minimum atomic E-state index is -1.65. The lowest BCUT2D eigenvalue weighted by atomic mass is 10.1. The number of carbonyl (C=O) groups excluding carboxylic acids is 3. The van der Waals surface area contributed by atoms with E-state index in [2.05, 4.69) is 269 Å². The van der Waals surface area contributed by atoms with Crippen LogP contribution in [0.2, 0.25) is 0 Å². The highest BCUT2D eigenvalue weighted by Gasteiger charge is 2.22. The second-order valence-electron chi connectivity index (χ2n) is 25.8. The van der Waals surface area contributed by atoms with Crippen LogP contribution in [0.25, 0.3) is 0 Å². The third-order valence-electron chi connectivity index (χ3n) is 15.3. The monoisotopic (exact) mass is 1390 g/mol. The van der Waals surface area contributed by atoms with E-state index in [1.165, 1.54) is 25.7 Å². The Labute approximate surface area is 617 Å². The van der Waals surface area contributed by atoms with Gasteiger partial charge in [0.05, 0.1) is 40.3 Å². The Bertz CT molecular complexity index is 2620. The molecule has 560 valence electrons. The quantitative estimate of drug-likeness (QED) is 0.0195. The maximum atomic E-state index is 13.0. The van der Waals surface area contributed by atoms with E-state index in [0.29, 0.717) is 23.9 Å². The zero-order valence-corrected chi connectivity index (χ0v) is 63.9. The number of carboxylic acids is 1. The summed E-state index contributed by atoms with van der Waals surface area (Å²) in [5.41, 5.74) is 0. The molecule has 0 aromatic rings. The molecule has 9 heteroatoms. The van der Waals surface area contributed by atoms with Crippen LogP contribution in [0.15, 0.2) is 255 Å². The number of likely N-dealkylation sites (N-methyl/N-ethyl adjacent to an activating group) is 1. The standard InChI is InChI=1S/C92H139NO8/c1-6-8-10-12-14-16-18-20-22-24-26-28-30-32-34-36-38-40-42-44-45-47-48-50-52-54-56-58-60-62-64-66-68-70-72-74-76-78-80-82-89(94)99-86-88(87-100-92(91(96)97)98-85-84-93(3,4)5)101-90(95)83-81-79-77-75-73-71-69-67-65-63-61-59-57-55-53-51-49-46-43-41-39-37-35-33-31-29-27-25-23-21-19-17-15-13-11-9-7-2/h8-11,14-17,20-23,26-29,32-35,38-41,44-46,48-50,53-56,59-62,65,67,71,73,88,92H,6-7,12-13,18-19,24-25,30-31,36-37,42-43,47,51-52,57-58,63-64,66,68-70,72,74-87H2,1-5H3/b10-8-,11-9-,16-14-,17-15-,22-20-,23-21-,28-26-,29-27-,34-32-,35-33-,40-38-,41-39-,45-44-,49-46-,50-48-,55-53-,56-54-,61-59-,62-60-,67-65-,73-71-. The molecular formula is C92H139NO8. The van der Waals surface area contributed by atoms with Crippen LogP contribution in [0.1, 0.15) is 245 Å². The highest BCUT2D eigenvalue weighted by Crippen LogP contribution is 2.14. The molecule has 0 aliphatic carbocycles. The van der Waals surface area contributed by atoms with Crippen LogP contribution in [0, 0.1) is 0 Å². The summed E-state index contributed by atoms with van der Waals surface area (Å²) in [4.78, 5) is 37.6. The number of rotatable bonds is 68. The number of carbonyl (C=O) groups is 3. The van der Waals surface area contributed by atoms with Crippen LogP contribution in [0.5, 0.6) is 0 Å². The summed E-state index contributed by atoms with van der Waals surface area (Å²) < 4.78 is 22.8. The number of unbranched alkanes of at least 4 members (excludes halogenated alkanes) is 11. The fraction of sp³-hybridized carbons (Fsp3) is 0.511. The maximum Gasteiger partial charge on any atom is 0.306 e. The summed E-state index contributed by atoms with van der Waals surface area (Å²) in [6.07, 6.45) is 125.